The molecule has 8 nitrogen and oxygen atoms in total. The quantitative estimate of drug-likeness (QED) is 0.327. The maximum absolute atomic E-state index is 13.5. The van der Waals surface area contributed by atoms with Crippen LogP contribution < -0.4 is 14.8 Å². The first-order valence-electron chi connectivity index (χ1n) is 15.2. The van der Waals surface area contributed by atoms with Gasteiger partial charge < -0.3 is 29.9 Å². The van der Waals surface area contributed by atoms with Gasteiger partial charge in [-0.2, -0.15) is 0 Å². The zero-order chi connectivity index (χ0) is 30.3. The summed E-state index contributed by atoms with van der Waals surface area (Å²) >= 11 is 0. The van der Waals surface area contributed by atoms with Gasteiger partial charge >= 0.3 is 0 Å². The molecule has 1 aliphatic heterocycles. The van der Waals surface area contributed by atoms with E-state index in [0.717, 1.165) is 59.9 Å². The highest BCUT2D eigenvalue weighted by Gasteiger charge is 2.37. The van der Waals surface area contributed by atoms with Gasteiger partial charge in [-0.1, -0.05) is 73.9 Å². The van der Waals surface area contributed by atoms with Crippen LogP contribution >= 0.6 is 0 Å². The molecule has 1 aliphatic carbocycles. The monoisotopic (exact) mass is 586 g/mol. The van der Waals surface area contributed by atoms with E-state index in [1.54, 1.807) is 19.1 Å². The Morgan fingerprint density at radius 1 is 0.884 bits per heavy atom. The van der Waals surface area contributed by atoms with Gasteiger partial charge in [0.1, 0.15) is 6.10 Å². The second kappa shape index (κ2) is 14.1. The number of benzene rings is 3. The van der Waals surface area contributed by atoms with Crippen LogP contribution in [-0.2, 0) is 29.0 Å². The average Bonchev–Trinajstić information content (AvgIpc) is 3.07. The number of nitrogens with zero attached hydrogens (tertiary/aromatic N) is 1. The topological polar surface area (TPSA) is 108 Å². The average molecular weight is 587 g/mol. The highest BCUT2D eigenvalue weighted by atomic mass is 16.5. The standard InChI is InChI=1S/C35H42N2O6/c1-42-30-20-27-17-18-37(22-28(27)21-31(30)43-2)35(41)33(39)32(38)29(36-34(40)26-11-7-4-8-12-26)19-23-13-15-25(16-14-23)24-9-5-3-6-10-24/h3,5-6,9-10,13-16,20-21,26,29,32-33,38-39H,4,7-8,11-12,17-19,22H2,1-2H3,(H,36,40). The van der Waals surface area contributed by atoms with Crippen molar-refractivity contribution in [2.45, 2.75) is 69.7 Å². The van der Waals surface area contributed by atoms with Gasteiger partial charge in [-0.15, -0.1) is 0 Å². The van der Waals surface area contributed by atoms with Crippen LogP contribution in [0.15, 0.2) is 66.7 Å². The molecule has 0 aromatic heterocycles. The molecule has 3 aromatic carbocycles. The lowest BCUT2D eigenvalue weighted by molar-refractivity contribution is -0.149. The number of fused-ring (bicyclic) bond motifs is 1. The number of aliphatic hydroxyl groups is 2. The van der Waals surface area contributed by atoms with Crippen molar-refractivity contribution in [1.29, 1.82) is 0 Å². The molecule has 3 aromatic rings. The van der Waals surface area contributed by atoms with Crippen molar-refractivity contribution in [3.63, 3.8) is 0 Å². The fourth-order valence-corrected chi connectivity index (χ4v) is 6.26. The van der Waals surface area contributed by atoms with Crippen LogP contribution in [0.1, 0.15) is 48.8 Å². The van der Waals surface area contributed by atoms with E-state index >= 15 is 0 Å². The van der Waals surface area contributed by atoms with Gasteiger partial charge in [0.05, 0.1) is 20.3 Å². The molecule has 2 aliphatic rings. The second-order valence-electron chi connectivity index (χ2n) is 11.6. The Balaban J connectivity index is 1.32. The van der Waals surface area contributed by atoms with E-state index in [1.807, 2.05) is 66.7 Å². The minimum absolute atomic E-state index is 0.123. The van der Waals surface area contributed by atoms with Crippen LogP contribution in [0.5, 0.6) is 11.5 Å². The van der Waals surface area contributed by atoms with Crippen molar-refractivity contribution in [2.24, 2.45) is 5.92 Å². The molecule has 1 heterocycles. The smallest absolute Gasteiger partial charge is 0.254 e. The van der Waals surface area contributed by atoms with Gasteiger partial charge in [0.25, 0.3) is 5.91 Å². The molecule has 0 radical (unpaired) electrons. The Hall–Kier alpha value is -3.88. The van der Waals surface area contributed by atoms with Gasteiger partial charge in [-0.3, -0.25) is 9.59 Å². The predicted molar refractivity (Wildman–Crippen MR) is 165 cm³/mol. The van der Waals surface area contributed by atoms with Crippen LogP contribution in [0.4, 0.5) is 0 Å². The SMILES string of the molecule is COc1cc2c(cc1OC)CN(C(=O)C(O)C(O)C(Cc1ccc(-c3ccccc3)cc1)NC(=O)C1CCCCC1)CC2. The van der Waals surface area contributed by atoms with Crippen molar-refractivity contribution in [3.05, 3.63) is 83.4 Å². The van der Waals surface area contributed by atoms with Crippen molar-refractivity contribution >= 4 is 11.8 Å². The Bertz CT molecular complexity index is 1390. The summed E-state index contributed by atoms with van der Waals surface area (Å²) in [5, 5.41) is 25.6. The third kappa shape index (κ3) is 7.20. The van der Waals surface area contributed by atoms with Gasteiger partial charge in [0, 0.05) is 19.0 Å². The first-order chi connectivity index (χ1) is 20.9. The molecule has 3 N–H and O–H groups in total. The molecule has 0 spiro atoms. The molecular formula is C35H42N2O6. The van der Waals surface area contributed by atoms with Crippen LogP contribution in [0.2, 0.25) is 0 Å². The molecule has 43 heavy (non-hydrogen) atoms. The normalized spacial score (nSPS) is 17.3. The summed E-state index contributed by atoms with van der Waals surface area (Å²) in [7, 11) is 3.15. The molecule has 2 amide bonds. The summed E-state index contributed by atoms with van der Waals surface area (Å²) in [5.41, 5.74) is 4.99. The number of rotatable bonds is 10. The molecule has 0 saturated heterocycles. The van der Waals surface area contributed by atoms with Crippen LogP contribution in [0.25, 0.3) is 11.1 Å². The van der Waals surface area contributed by atoms with Crippen LogP contribution in [0, 0.1) is 5.92 Å². The number of methoxy groups -OCH3 is 2. The van der Waals surface area contributed by atoms with E-state index in [2.05, 4.69) is 5.32 Å². The summed E-state index contributed by atoms with van der Waals surface area (Å²) in [5.74, 6) is 0.383. The predicted octanol–water partition coefficient (Wildman–Crippen LogP) is 4.29. The minimum atomic E-state index is -1.69. The number of carbonyl (C=O) groups is 2. The number of carbonyl (C=O) groups excluding carboxylic acids is 2. The molecule has 0 bridgehead atoms. The fourth-order valence-electron chi connectivity index (χ4n) is 6.26. The van der Waals surface area contributed by atoms with Crippen molar-refractivity contribution in [2.75, 3.05) is 20.8 Å². The van der Waals surface area contributed by atoms with Gasteiger partial charge in [0.2, 0.25) is 5.91 Å². The maximum Gasteiger partial charge on any atom is 0.254 e. The summed E-state index contributed by atoms with van der Waals surface area (Å²) in [6, 6.07) is 20.9. The first kappa shape index (κ1) is 30.6. The third-order valence-corrected chi connectivity index (χ3v) is 8.84. The molecule has 228 valence electrons. The Kier molecular flexibility index (Phi) is 10.00. The largest absolute Gasteiger partial charge is 0.493 e. The number of ether oxygens (including phenoxy) is 2. The summed E-state index contributed by atoms with van der Waals surface area (Å²) in [4.78, 5) is 28.3. The zero-order valence-electron chi connectivity index (χ0n) is 25.0. The molecule has 5 rings (SSSR count). The lowest BCUT2D eigenvalue weighted by atomic mass is 9.87. The number of amides is 2. The van der Waals surface area contributed by atoms with E-state index in [0.29, 0.717) is 24.5 Å². The first-order valence-corrected chi connectivity index (χ1v) is 15.2. The summed E-state index contributed by atoms with van der Waals surface area (Å²) in [6.07, 6.45) is 2.42. The Morgan fingerprint density at radius 3 is 2.16 bits per heavy atom. The molecule has 1 saturated carbocycles. The number of hydrogen-bond donors (Lipinski definition) is 3. The lowest BCUT2D eigenvalue weighted by Gasteiger charge is -2.34. The van der Waals surface area contributed by atoms with E-state index in [1.165, 1.54) is 0 Å². The number of nitrogens with one attached hydrogen (secondary N) is 1. The van der Waals surface area contributed by atoms with Crippen LogP contribution in [0.3, 0.4) is 0 Å². The highest BCUT2D eigenvalue weighted by Crippen LogP contribution is 2.33. The Labute approximate surface area is 253 Å². The molecule has 8 heteroatoms. The summed E-state index contributed by atoms with van der Waals surface area (Å²) in [6.45, 7) is 0.670. The summed E-state index contributed by atoms with van der Waals surface area (Å²) < 4.78 is 10.8. The molecular weight excluding hydrogens is 544 g/mol. The lowest BCUT2D eigenvalue weighted by Crippen LogP contribution is -2.56. The van der Waals surface area contributed by atoms with E-state index in [9.17, 15) is 19.8 Å². The van der Waals surface area contributed by atoms with Crippen molar-refractivity contribution in [1.82, 2.24) is 10.2 Å². The van der Waals surface area contributed by atoms with Crippen molar-refractivity contribution < 1.29 is 29.3 Å². The minimum Gasteiger partial charge on any atom is -0.493 e. The molecule has 1 fully saturated rings. The van der Waals surface area contributed by atoms with Gasteiger partial charge in [-0.25, -0.2) is 0 Å². The fraction of sp³-hybridized carbons (Fsp3) is 0.429. The molecule has 3 atom stereocenters. The Morgan fingerprint density at radius 2 is 1.51 bits per heavy atom. The second-order valence-corrected chi connectivity index (χ2v) is 11.6. The van der Waals surface area contributed by atoms with E-state index < -0.39 is 24.2 Å². The van der Waals surface area contributed by atoms with Crippen molar-refractivity contribution in [3.8, 4) is 22.6 Å². The van der Waals surface area contributed by atoms with Gasteiger partial charge in [0.15, 0.2) is 17.6 Å². The zero-order valence-corrected chi connectivity index (χ0v) is 25.0. The maximum atomic E-state index is 13.5. The number of hydrogen-bond acceptors (Lipinski definition) is 6. The van der Waals surface area contributed by atoms with E-state index in [4.69, 9.17) is 9.47 Å². The third-order valence-electron chi connectivity index (χ3n) is 8.84. The van der Waals surface area contributed by atoms with Gasteiger partial charge in [-0.05, 0) is 65.6 Å². The molecule has 3 unspecified atom stereocenters. The number of aliphatic hydroxyl groups excluding tert-OH is 2. The van der Waals surface area contributed by atoms with Crippen LogP contribution in [-0.4, -0.2) is 65.9 Å². The highest BCUT2D eigenvalue weighted by molar-refractivity contribution is 5.82. The van der Waals surface area contributed by atoms with E-state index in [-0.39, 0.29) is 24.8 Å².